The van der Waals surface area contributed by atoms with Gasteiger partial charge in [-0.15, -0.1) is 0 Å². The van der Waals surface area contributed by atoms with Crippen LogP contribution in [-0.2, 0) is 21.4 Å². The molecule has 7 heteroatoms. The molecule has 2 bridgehead atoms. The van der Waals surface area contributed by atoms with Gasteiger partial charge in [0.2, 0.25) is 5.91 Å². The molecule has 0 radical (unpaired) electrons. The molecule has 2 spiro atoms. The Morgan fingerprint density at radius 3 is 2.66 bits per heavy atom. The van der Waals surface area contributed by atoms with E-state index in [1.54, 1.807) is 13.2 Å². The third-order valence-electron chi connectivity index (χ3n) is 11.8. The number of benzene rings is 1. The molecule has 204 valence electrons. The van der Waals surface area contributed by atoms with Crippen LogP contribution in [0.4, 0.5) is 0 Å². The predicted octanol–water partition coefficient (Wildman–Crippen LogP) is 3.30. The van der Waals surface area contributed by atoms with Gasteiger partial charge in [0, 0.05) is 49.8 Å². The summed E-state index contributed by atoms with van der Waals surface area (Å²) in [5, 5.41) is 23.7. The Balaban J connectivity index is 1.18. The lowest BCUT2D eigenvalue weighted by Crippen LogP contribution is -2.78. The highest BCUT2D eigenvalue weighted by molar-refractivity contribution is 5.89. The van der Waals surface area contributed by atoms with E-state index in [2.05, 4.69) is 11.0 Å². The molecule has 3 saturated carbocycles. The van der Waals surface area contributed by atoms with E-state index in [9.17, 15) is 15.0 Å². The van der Waals surface area contributed by atoms with Gasteiger partial charge in [-0.05, 0) is 88.3 Å². The number of piperidine rings is 2. The number of nitrogens with zero attached hydrogens (tertiary/aromatic N) is 2. The minimum atomic E-state index is -0.880. The van der Waals surface area contributed by atoms with E-state index in [4.69, 9.17) is 9.47 Å². The summed E-state index contributed by atoms with van der Waals surface area (Å²) in [4.78, 5) is 18.0. The number of phenols is 1. The van der Waals surface area contributed by atoms with Crippen LogP contribution in [0.1, 0.15) is 68.9 Å². The van der Waals surface area contributed by atoms with Crippen molar-refractivity contribution in [3.05, 3.63) is 34.9 Å². The fourth-order valence-corrected chi connectivity index (χ4v) is 9.55. The number of carbonyl (C=O) groups excluding carboxylic acids is 1. The Kier molecular flexibility index (Phi) is 4.99. The van der Waals surface area contributed by atoms with Gasteiger partial charge in [0.15, 0.2) is 11.5 Å². The van der Waals surface area contributed by atoms with Crippen LogP contribution < -0.4 is 4.74 Å². The molecular weight excluding hydrogens is 480 g/mol. The van der Waals surface area contributed by atoms with Gasteiger partial charge in [-0.3, -0.25) is 9.69 Å². The summed E-state index contributed by atoms with van der Waals surface area (Å²) >= 11 is 0. The van der Waals surface area contributed by atoms with E-state index in [1.165, 1.54) is 24.0 Å². The molecule has 5 fully saturated rings. The summed E-state index contributed by atoms with van der Waals surface area (Å²) in [7, 11) is 1.75. The molecule has 4 aliphatic carbocycles. The van der Waals surface area contributed by atoms with Crippen molar-refractivity contribution in [3.63, 3.8) is 0 Å². The topological polar surface area (TPSA) is 82.5 Å². The lowest BCUT2D eigenvalue weighted by molar-refractivity contribution is -0.218. The summed E-state index contributed by atoms with van der Waals surface area (Å²) in [6, 6.07) is 3.94. The van der Waals surface area contributed by atoms with Crippen LogP contribution in [0.25, 0.3) is 0 Å². The maximum absolute atomic E-state index is 13.4. The van der Waals surface area contributed by atoms with Crippen LogP contribution in [0.5, 0.6) is 11.5 Å². The molecule has 7 aliphatic rings. The Bertz CT molecular complexity index is 1220. The van der Waals surface area contributed by atoms with E-state index in [0.29, 0.717) is 5.75 Å². The first-order valence-corrected chi connectivity index (χ1v) is 14.9. The number of rotatable bonds is 4. The largest absolute Gasteiger partial charge is 0.504 e. The molecule has 1 aromatic rings. The van der Waals surface area contributed by atoms with Crippen LogP contribution >= 0.6 is 0 Å². The molecule has 38 heavy (non-hydrogen) atoms. The Morgan fingerprint density at radius 2 is 1.95 bits per heavy atom. The van der Waals surface area contributed by atoms with E-state index in [1.807, 2.05) is 11.0 Å². The van der Waals surface area contributed by atoms with E-state index in [-0.39, 0.29) is 35.3 Å². The second-order valence-electron chi connectivity index (χ2n) is 13.3. The fraction of sp³-hybridized carbons (Fsp3) is 0.710. The number of aromatic hydroxyl groups is 1. The molecule has 3 heterocycles. The number of hydrogen-bond donors (Lipinski definition) is 2. The number of aliphatic hydroxyl groups is 1. The standard InChI is InChI=1S/C31H40N2O5/c1-37-22-7-13-32(14-8-22)25(35)17-21-6-9-29(21)10-11-31(36)24-16-20-4-5-23(34)27-26(20)30(31,28(29)38-27)12-15-33(24)18-19-2-3-19/h4-5,17,19,22,24,28,34,36H,2-3,6-16,18H2,1H3/b21-17+/t24-,28+,29+,30+,31-/m1/s1. The zero-order valence-electron chi connectivity index (χ0n) is 22.5. The Morgan fingerprint density at radius 1 is 1.13 bits per heavy atom. The number of methoxy groups -OCH3 is 1. The average molecular weight is 521 g/mol. The maximum atomic E-state index is 13.4. The summed E-state index contributed by atoms with van der Waals surface area (Å²) < 4.78 is 12.3. The third kappa shape index (κ3) is 2.93. The number of carbonyl (C=O) groups is 1. The molecule has 8 rings (SSSR count). The van der Waals surface area contributed by atoms with Crippen molar-refractivity contribution in [2.24, 2.45) is 11.3 Å². The van der Waals surface area contributed by atoms with E-state index < -0.39 is 11.0 Å². The van der Waals surface area contributed by atoms with Crippen molar-refractivity contribution < 1.29 is 24.5 Å². The Labute approximate surface area is 224 Å². The molecule has 2 N–H and O–H groups in total. The van der Waals surface area contributed by atoms with Gasteiger partial charge < -0.3 is 24.6 Å². The van der Waals surface area contributed by atoms with Crippen molar-refractivity contribution in [3.8, 4) is 11.5 Å². The minimum absolute atomic E-state index is 0.0829. The lowest BCUT2D eigenvalue weighted by Gasteiger charge is -2.68. The number of hydrogen-bond acceptors (Lipinski definition) is 6. The second-order valence-corrected chi connectivity index (χ2v) is 13.3. The summed E-state index contributed by atoms with van der Waals surface area (Å²) in [5.74, 6) is 1.66. The van der Waals surface area contributed by atoms with Gasteiger partial charge in [0.05, 0.1) is 17.1 Å². The van der Waals surface area contributed by atoms with Crippen molar-refractivity contribution in [2.45, 2.75) is 93.5 Å². The van der Waals surface area contributed by atoms with Crippen LogP contribution in [0.15, 0.2) is 23.8 Å². The summed E-state index contributed by atoms with van der Waals surface area (Å²) in [6.07, 6.45) is 11.4. The van der Waals surface area contributed by atoms with Gasteiger partial charge in [0.1, 0.15) is 6.10 Å². The van der Waals surface area contributed by atoms with Crippen LogP contribution in [0.3, 0.4) is 0 Å². The first kappa shape index (κ1) is 23.8. The molecule has 0 unspecified atom stereocenters. The molecule has 5 atom stereocenters. The molecule has 3 aliphatic heterocycles. The monoisotopic (exact) mass is 520 g/mol. The van der Waals surface area contributed by atoms with Gasteiger partial charge in [-0.2, -0.15) is 0 Å². The minimum Gasteiger partial charge on any atom is -0.504 e. The zero-order chi connectivity index (χ0) is 25.9. The number of fused-ring (bicyclic) bond motifs is 1. The number of ether oxygens (including phenoxy) is 2. The fourth-order valence-electron chi connectivity index (χ4n) is 9.55. The highest BCUT2D eigenvalue weighted by Gasteiger charge is 2.77. The first-order valence-electron chi connectivity index (χ1n) is 14.9. The molecule has 7 nitrogen and oxygen atoms in total. The second kappa shape index (κ2) is 7.98. The first-order chi connectivity index (χ1) is 18.4. The third-order valence-corrected chi connectivity index (χ3v) is 11.8. The molecule has 0 aromatic heterocycles. The summed E-state index contributed by atoms with van der Waals surface area (Å²) in [6.45, 7) is 3.51. The van der Waals surface area contributed by atoms with Crippen LogP contribution in [0.2, 0.25) is 0 Å². The zero-order valence-corrected chi connectivity index (χ0v) is 22.5. The number of likely N-dealkylation sites (tertiary alicyclic amines) is 2. The normalized spacial score (nSPS) is 40.7. The predicted molar refractivity (Wildman–Crippen MR) is 141 cm³/mol. The quantitative estimate of drug-likeness (QED) is 0.593. The molecule has 1 amide bonds. The maximum Gasteiger partial charge on any atom is 0.246 e. The van der Waals surface area contributed by atoms with Crippen molar-refractivity contribution >= 4 is 5.91 Å². The van der Waals surface area contributed by atoms with Gasteiger partial charge >= 0.3 is 0 Å². The van der Waals surface area contributed by atoms with Gasteiger partial charge in [-0.25, -0.2) is 0 Å². The van der Waals surface area contributed by atoms with Crippen molar-refractivity contribution in [2.75, 3.05) is 33.3 Å². The Hall–Kier alpha value is -2.09. The van der Waals surface area contributed by atoms with Crippen molar-refractivity contribution in [1.82, 2.24) is 9.80 Å². The molecular formula is C31H40N2O5. The smallest absolute Gasteiger partial charge is 0.246 e. The van der Waals surface area contributed by atoms with E-state index in [0.717, 1.165) is 89.0 Å². The summed E-state index contributed by atoms with van der Waals surface area (Å²) in [5.41, 5.74) is 1.83. The van der Waals surface area contributed by atoms with E-state index >= 15 is 0 Å². The van der Waals surface area contributed by atoms with Crippen LogP contribution in [0, 0.1) is 11.3 Å². The number of phenolic OH excluding ortho intramolecular Hbond substituents is 1. The highest BCUT2D eigenvalue weighted by Crippen LogP contribution is 2.72. The average Bonchev–Trinajstić information content (AvgIpc) is 3.66. The van der Waals surface area contributed by atoms with Gasteiger partial charge in [-0.1, -0.05) is 11.6 Å². The van der Waals surface area contributed by atoms with Gasteiger partial charge in [0.25, 0.3) is 0 Å². The SMILES string of the molecule is COC1CCN(C(=O)/C=C2\CC[C@]23CC[C@@]2(O)[C@H]4Cc5ccc(O)c6c5[C@@]2(CCN4CC2CC2)[C@H]3O6)CC1. The highest BCUT2D eigenvalue weighted by atomic mass is 16.5. The van der Waals surface area contributed by atoms with Crippen molar-refractivity contribution in [1.29, 1.82) is 0 Å². The molecule has 1 aromatic carbocycles. The molecule has 2 saturated heterocycles. The van der Waals surface area contributed by atoms with Crippen LogP contribution in [-0.4, -0.2) is 83.1 Å². The number of amides is 1. The lowest BCUT2D eigenvalue weighted by atomic mass is 9.40.